The molecule has 1 aromatic heterocycles. The van der Waals surface area contributed by atoms with E-state index < -0.39 is 0 Å². The van der Waals surface area contributed by atoms with E-state index in [1.165, 1.54) is 0 Å². The van der Waals surface area contributed by atoms with Gasteiger partial charge in [0.25, 0.3) is 5.91 Å². The van der Waals surface area contributed by atoms with Gasteiger partial charge in [-0.1, -0.05) is 18.2 Å². The van der Waals surface area contributed by atoms with Gasteiger partial charge < -0.3 is 10.2 Å². The number of nitrogens with zero attached hydrogens (tertiary/aromatic N) is 3. The number of likely N-dealkylation sites (tertiary alicyclic amines) is 1. The first-order valence-electron chi connectivity index (χ1n) is 10.00. The van der Waals surface area contributed by atoms with E-state index >= 15 is 0 Å². The van der Waals surface area contributed by atoms with Crippen LogP contribution in [-0.4, -0.2) is 45.1 Å². The van der Waals surface area contributed by atoms with Crippen molar-refractivity contribution in [2.75, 3.05) is 6.54 Å². The van der Waals surface area contributed by atoms with Gasteiger partial charge in [0.05, 0.1) is 5.69 Å². The number of aromatic nitrogens is 2. The molecule has 2 fully saturated rings. The molecular weight excluding hydrogens is 340 g/mol. The molecule has 27 heavy (non-hydrogen) atoms. The van der Waals surface area contributed by atoms with Crippen LogP contribution in [0.15, 0.2) is 30.3 Å². The van der Waals surface area contributed by atoms with Gasteiger partial charge in [0.2, 0.25) is 5.91 Å². The van der Waals surface area contributed by atoms with Crippen molar-refractivity contribution in [1.29, 1.82) is 0 Å². The van der Waals surface area contributed by atoms with E-state index in [1.54, 1.807) is 4.90 Å². The van der Waals surface area contributed by atoms with Crippen LogP contribution in [0.2, 0.25) is 0 Å². The van der Waals surface area contributed by atoms with Crippen LogP contribution in [-0.2, 0) is 17.6 Å². The zero-order valence-electron chi connectivity index (χ0n) is 15.4. The molecule has 1 aromatic carbocycles. The summed E-state index contributed by atoms with van der Waals surface area (Å²) in [6.07, 6.45) is 6.60. The van der Waals surface area contributed by atoms with Crippen molar-refractivity contribution in [3.05, 3.63) is 47.3 Å². The summed E-state index contributed by atoms with van der Waals surface area (Å²) < 4.78 is 1.92. The monoisotopic (exact) mass is 364 g/mol. The predicted molar refractivity (Wildman–Crippen MR) is 101 cm³/mol. The Morgan fingerprint density at radius 2 is 1.85 bits per heavy atom. The standard InChI is InChI=1S/C21H24N4O2/c26-20(22-14-11-12-14)18-10-5-13-24(18)21(27)19-16-8-4-9-17(16)25(23-19)15-6-2-1-3-7-15/h1-3,6-7,14,18H,4-5,8-13H2,(H,22,26). The fourth-order valence-corrected chi connectivity index (χ4v) is 4.34. The van der Waals surface area contributed by atoms with Crippen molar-refractivity contribution in [3.8, 4) is 5.69 Å². The SMILES string of the molecule is O=C(NC1CC1)C1CCCN1C(=O)c1nn(-c2ccccc2)c2c1CCC2. The Kier molecular flexibility index (Phi) is 3.99. The fourth-order valence-electron chi connectivity index (χ4n) is 4.34. The Bertz CT molecular complexity index is 885. The lowest BCUT2D eigenvalue weighted by atomic mass is 10.1. The number of benzene rings is 1. The Morgan fingerprint density at radius 1 is 1.04 bits per heavy atom. The summed E-state index contributed by atoms with van der Waals surface area (Å²) in [7, 11) is 0. The normalized spacial score (nSPS) is 21.3. The Morgan fingerprint density at radius 3 is 2.63 bits per heavy atom. The zero-order chi connectivity index (χ0) is 18.4. The minimum Gasteiger partial charge on any atom is -0.352 e. The molecule has 2 aromatic rings. The van der Waals surface area contributed by atoms with E-state index in [9.17, 15) is 9.59 Å². The Hall–Kier alpha value is -2.63. The third kappa shape index (κ3) is 2.93. The van der Waals surface area contributed by atoms with Gasteiger partial charge in [0.15, 0.2) is 5.69 Å². The summed E-state index contributed by atoms with van der Waals surface area (Å²) in [5, 5.41) is 7.76. The van der Waals surface area contributed by atoms with Crippen molar-refractivity contribution in [2.24, 2.45) is 0 Å². The fraction of sp³-hybridized carbons (Fsp3) is 0.476. The topological polar surface area (TPSA) is 67.2 Å². The second-order valence-corrected chi connectivity index (χ2v) is 7.81. The molecule has 1 N–H and O–H groups in total. The van der Waals surface area contributed by atoms with Crippen LogP contribution in [0.5, 0.6) is 0 Å². The van der Waals surface area contributed by atoms with Gasteiger partial charge in [-0.2, -0.15) is 5.10 Å². The molecule has 5 rings (SSSR count). The Balaban J connectivity index is 1.45. The summed E-state index contributed by atoms with van der Waals surface area (Å²) in [5.74, 6) is -0.0845. The highest BCUT2D eigenvalue weighted by Gasteiger charge is 2.39. The number of nitrogens with one attached hydrogen (secondary N) is 1. The largest absolute Gasteiger partial charge is 0.352 e. The van der Waals surface area contributed by atoms with Crippen LogP contribution in [0.1, 0.15) is 53.8 Å². The van der Waals surface area contributed by atoms with Gasteiger partial charge in [-0.25, -0.2) is 4.68 Å². The Labute approximate surface area is 158 Å². The molecule has 2 heterocycles. The van der Waals surface area contributed by atoms with Crippen molar-refractivity contribution in [2.45, 2.75) is 57.0 Å². The molecule has 1 unspecified atom stereocenters. The summed E-state index contributed by atoms with van der Waals surface area (Å²) in [4.78, 5) is 27.7. The lowest BCUT2D eigenvalue weighted by Crippen LogP contribution is -2.46. The summed E-state index contributed by atoms with van der Waals surface area (Å²) in [5.41, 5.74) is 3.73. The van der Waals surface area contributed by atoms with Crippen LogP contribution < -0.4 is 5.32 Å². The number of amides is 2. The summed E-state index contributed by atoms with van der Waals surface area (Å²) in [6.45, 7) is 0.633. The molecule has 0 bridgehead atoms. The van der Waals surface area contributed by atoms with E-state index in [1.807, 2.05) is 35.0 Å². The van der Waals surface area contributed by atoms with Crippen molar-refractivity contribution >= 4 is 11.8 Å². The molecule has 3 aliphatic rings. The first-order chi connectivity index (χ1) is 13.2. The molecule has 1 aliphatic heterocycles. The molecule has 2 aliphatic carbocycles. The maximum absolute atomic E-state index is 13.3. The number of hydrogen-bond acceptors (Lipinski definition) is 3. The summed E-state index contributed by atoms with van der Waals surface area (Å²) >= 11 is 0. The highest BCUT2D eigenvalue weighted by Crippen LogP contribution is 2.30. The average Bonchev–Trinajstić information content (AvgIpc) is 3.11. The number of rotatable bonds is 4. The van der Waals surface area contributed by atoms with E-state index in [0.29, 0.717) is 18.3 Å². The van der Waals surface area contributed by atoms with Gasteiger partial charge in [-0.3, -0.25) is 9.59 Å². The number of para-hydroxylation sites is 1. The van der Waals surface area contributed by atoms with Crippen LogP contribution in [0.3, 0.4) is 0 Å². The quantitative estimate of drug-likeness (QED) is 0.905. The van der Waals surface area contributed by atoms with Crippen LogP contribution in [0.4, 0.5) is 0 Å². The number of carbonyl (C=O) groups is 2. The van der Waals surface area contributed by atoms with Crippen molar-refractivity contribution in [1.82, 2.24) is 20.0 Å². The molecule has 1 saturated carbocycles. The minimum absolute atomic E-state index is 0.00230. The molecule has 0 radical (unpaired) electrons. The number of carbonyl (C=O) groups excluding carboxylic acids is 2. The highest BCUT2D eigenvalue weighted by molar-refractivity contribution is 5.98. The average molecular weight is 364 g/mol. The maximum Gasteiger partial charge on any atom is 0.275 e. The molecule has 6 nitrogen and oxygen atoms in total. The first kappa shape index (κ1) is 16.5. The smallest absolute Gasteiger partial charge is 0.275 e. The van der Waals surface area contributed by atoms with Gasteiger partial charge in [-0.15, -0.1) is 0 Å². The molecule has 6 heteroatoms. The van der Waals surface area contributed by atoms with Crippen molar-refractivity contribution in [3.63, 3.8) is 0 Å². The van der Waals surface area contributed by atoms with E-state index in [0.717, 1.165) is 61.9 Å². The number of hydrogen-bond donors (Lipinski definition) is 1. The van der Waals surface area contributed by atoms with E-state index in [4.69, 9.17) is 5.10 Å². The predicted octanol–water partition coefficient (Wildman–Crippen LogP) is 2.24. The molecule has 1 atom stereocenters. The van der Waals surface area contributed by atoms with Crippen LogP contribution in [0, 0.1) is 0 Å². The van der Waals surface area contributed by atoms with Crippen LogP contribution in [0.25, 0.3) is 5.69 Å². The third-order valence-corrected chi connectivity index (χ3v) is 5.87. The zero-order valence-corrected chi connectivity index (χ0v) is 15.4. The molecule has 0 spiro atoms. The second kappa shape index (κ2) is 6.51. The van der Waals surface area contributed by atoms with Gasteiger partial charge in [-0.05, 0) is 57.1 Å². The lowest BCUT2D eigenvalue weighted by Gasteiger charge is -2.23. The minimum atomic E-state index is -0.350. The maximum atomic E-state index is 13.3. The molecule has 140 valence electrons. The van der Waals surface area contributed by atoms with E-state index in [-0.39, 0.29) is 17.9 Å². The van der Waals surface area contributed by atoms with Gasteiger partial charge >= 0.3 is 0 Å². The molecule has 1 saturated heterocycles. The summed E-state index contributed by atoms with van der Waals surface area (Å²) in [6, 6.07) is 9.95. The second-order valence-electron chi connectivity index (χ2n) is 7.81. The first-order valence-corrected chi connectivity index (χ1v) is 10.00. The number of fused-ring (bicyclic) bond motifs is 1. The lowest BCUT2D eigenvalue weighted by molar-refractivity contribution is -0.125. The third-order valence-electron chi connectivity index (χ3n) is 5.87. The van der Waals surface area contributed by atoms with Crippen LogP contribution >= 0.6 is 0 Å². The molecular formula is C21H24N4O2. The van der Waals surface area contributed by atoms with Gasteiger partial charge in [0, 0.05) is 23.8 Å². The van der Waals surface area contributed by atoms with E-state index in [2.05, 4.69) is 5.32 Å². The molecule has 2 amide bonds. The highest BCUT2D eigenvalue weighted by atomic mass is 16.2. The van der Waals surface area contributed by atoms with Crippen molar-refractivity contribution < 1.29 is 9.59 Å². The van der Waals surface area contributed by atoms with Gasteiger partial charge in [0.1, 0.15) is 6.04 Å².